The Bertz CT molecular complexity index is 1260. The molecule has 4 rings (SSSR count). The molecule has 9 heteroatoms. The third-order valence-corrected chi connectivity index (χ3v) is 6.03. The molecule has 7 nitrogen and oxygen atoms in total. The van der Waals surface area contributed by atoms with Crippen molar-refractivity contribution < 1.29 is 38.0 Å². The number of ketones is 1. The van der Waals surface area contributed by atoms with E-state index in [0.29, 0.717) is 53.2 Å². The van der Waals surface area contributed by atoms with Crippen LogP contribution in [0.1, 0.15) is 36.5 Å². The molecule has 0 aliphatic carbocycles. The third-order valence-electron chi connectivity index (χ3n) is 5.73. The molecule has 1 atom stereocenters. The van der Waals surface area contributed by atoms with Crippen LogP contribution in [0.15, 0.2) is 60.7 Å². The summed E-state index contributed by atoms with van der Waals surface area (Å²) in [5.41, 5.74) is -1.22. The van der Waals surface area contributed by atoms with Crippen LogP contribution in [0.2, 0.25) is 5.02 Å². The number of hydrogen-bond acceptors (Lipinski definition) is 6. The smallest absolute Gasteiger partial charge is 0.348 e. The minimum absolute atomic E-state index is 0.165. The topological polar surface area (TPSA) is 91.3 Å². The molecular weight excluding hydrogens is 491 g/mol. The maximum absolute atomic E-state index is 13.0. The zero-order chi connectivity index (χ0) is 25.7. The van der Waals surface area contributed by atoms with Crippen molar-refractivity contribution in [1.29, 1.82) is 0 Å². The van der Waals surface area contributed by atoms with Crippen molar-refractivity contribution >= 4 is 23.4 Å². The van der Waals surface area contributed by atoms with E-state index in [1.165, 1.54) is 30.3 Å². The van der Waals surface area contributed by atoms with E-state index >= 15 is 0 Å². The molecule has 0 spiro atoms. The summed E-state index contributed by atoms with van der Waals surface area (Å²) < 4.78 is 35.8. The van der Waals surface area contributed by atoms with Gasteiger partial charge in [-0.25, -0.2) is 9.18 Å². The average Bonchev–Trinajstić information content (AvgIpc) is 2.86. The van der Waals surface area contributed by atoms with Gasteiger partial charge in [0.25, 0.3) is 0 Å². The average molecular weight is 515 g/mol. The van der Waals surface area contributed by atoms with Crippen LogP contribution in [-0.2, 0) is 4.79 Å². The standard InChI is InChI=1S/C27H24ClFO7/c1-2-27(26(31)32)16-23(30)21-10-8-19(15-25(21)36-27)33-12-3-13-34-24-11-9-20(14-22(24)28)35-18-6-4-17(29)5-7-18/h4-11,14-15H,2-3,12-13,16H2,1H3,(H,31,32)/t27-/m1/s1. The van der Waals surface area contributed by atoms with Crippen molar-refractivity contribution in [2.75, 3.05) is 13.2 Å². The highest BCUT2D eigenvalue weighted by Gasteiger charge is 2.45. The van der Waals surface area contributed by atoms with Crippen LogP contribution < -0.4 is 18.9 Å². The summed E-state index contributed by atoms with van der Waals surface area (Å²) in [6.45, 7) is 2.31. The monoisotopic (exact) mass is 514 g/mol. The molecule has 0 bridgehead atoms. The Morgan fingerprint density at radius 1 is 1.03 bits per heavy atom. The van der Waals surface area contributed by atoms with Gasteiger partial charge in [0.2, 0.25) is 5.60 Å². The van der Waals surface area contributed by atoms with Gasteiger partial charge in [-0.05, 0) is 55.0 Å². The van der Waals surface area contributed by atoms with Crippen LogP contribution in [0.25, 0.3) is 0 Å². The van der Waals surface area contributed by atoms with Crippen molar-refractivity contribution in [1.82, 2.24) is 0 Å². The van der Waals surface area contributed by atoms with Crippen LogP contribution >= 0.6 is 11.6 Å². The lowest BCUT2D eigenvalue weighted by Gasteiger charge is -2.33. The molecule has 188 valence electrons. The Hall–Kier alpha value is -3.78. The summed E-state index contributed by atoms with van der Waals surface area (Å²) >= 11 is 6.29. The largest absolute Gasteiger partial charge is 0.493 e. The second-order valence-electron chi connectivity index (χ2n) is 8.21. The first-order valence-electron chi connectivity index (χ1n) is 11.4. The van der Waals surface area contributed by atoms with E-state index in [0.717, 1.165) is 0 Å². The molecule has 3 aromatic rings. The number of carbonyl (C=O) groups is 2. The number of benzene rings is 3. The molecule has 36 heavy (non-hydrogen) atoms. The zero-order valence-corrected chi connectivity index (χ0v) is 20.2. The SMILES string of the molecule is CC[C@]1(C(=O)O)CC(=O)c2ccc(OCCCOc3ccc(Oc4ccc(F)cc4)cc3Cl)cc2O1. The third kappa shape index (κ3) is 5.71. The van der Waals surface area contributed by atoms with E-state index < -0.39 is 11.6 Å². The molecule has 1 aliphatic rings. The van der Waals surface area contributed by atoms with Crippen LogP contribution in [0.5, 0.6) is 28.7 Å². The van der Waals surface area contributed by atoms with Gasteiger partial charge in [0, 0.05) is 18.6 Å². The van der Waals surface area contributed by atoms with Gasteiger partial charge >= 0.3 is 5.97 Å². The predicted octanol–water partition coefficient (Wildman–Crippen LogP) is 6.32. The number of Topliss-reactive ketones (excluding diaryl/α,β-unsaturated/α-hetero) is 1. The fourth-order valence-electron chi connectivity index (χ4n) is 3.71. The van der Waals surface area contributed by atoms with E-state index in [9.17, 15) is 19.1 Å². The van der Waals surface area contributed by atoms with E-state index in [1.54, 1.807) is 37.3 Å². The quantitative estimate of drug-likeness (QED) is 0.317. The molecule has 0 amide bonds. The molecule has 0 aromatic heterocycles. The summed E-state index contributed by atoms with van der Waals surface area (Å²) in [7, 11) is 0. The van der Waals surface area contributed by atoms with Crippen molar-refractivity contribution in [3.8, 4) is 28.7 Å². The van der Waals surface area contributed by atoms with Gasteiger partial charge < -0.3 is 24.1 Å². The molecule has 0 unspecified atom stereocenters. The molecule has 0 radical (unpaired) electrons. The molecule has 0 saturated carbocycles. The molecule has 1 N–H and O–H groups in total. The van der Waals surface area contributed by atoms with Gasteiger partial charge in [-0.3, -0.25) is 4.79 Å². The lowest BCUT2D eigenvalue weighted by molar-refractivity contribution is -0.156. The van der Waals surface area contributed by atoms with E-state index in [2.05, 4.69) is 0 Å². The normalized spacial score (nSPS) is 16.6. The summed E-state index contributed by atoms with van der Waals surface area (Å²) in [4.78, 5) is 24.1. The van der Waals surface area contributed by atoms with E-state index in [-0.39, 0.29) is 30.2 Å². The molecule has 1 heterocycles. The number of hydrogen-bond donors (Lipinski definition) is 1. The number of aliphatic carboxylic acids is 1. The summed E-state index contributed by atoms with van der Waals surface area (Å²) in [6.07, 6.45) is 0.498. The van der Waals surface area contributed by atoms with Gasteiger partial charge in [0.05, 0.1) is 30.2 Å². The van der Waals surface area contributed by atoms with Gasteiger partial charge in [0.1, 0.15) is 34.6 Å². The number of carboxylic acid groups (broad SMARTS) is 1. The van der Waals surface area contributed by atoms with Gasteiger partial charge in [0.15, 0.2) is 5.78 Å². The number of ether oxygens (including phenoxy) is 4. The molecule has 1 aliphatic heterocycles. The first-order chi connectivity index (χ1) is 17.3. The Kier molecular flexibility index (Phi) is 7.64. The van der Waals surface area contributed by atoms with Crippen molar-refractivity contribution in [2.24, 2.45) is 0 Å². The van der Waals surface area contributed by atoms with Crippen molar-refractivity contribution in [2.45, 2.75) is 31.8 Å². The number of carbonyl (C=O) groups excluding carboxylic acids is 1. The number of carboxylic acids is 1. The first-order valence-corrected chi connectivity index (χ1v) is 11.8. The number of fused-ring (bicyclic) bond motifs is 1. The Labute approximate surface area is 212 Å². The highest BCUT2D eigenvalue weighted by molar-refractivity contribution is 6.32. The molecule has 0 saturated heterocycles. The maximum Gasteiger partial charge on any atom is 0.348 e. The fourth-order valence-corrected chi connectivity index (χ4v) is 3.93. The fraction of sp³-hybridized carbons (Fsp3) is 0.259. The molecular formula is C27H24ClFO7. The second kappa shape index (κ2) is 10.9. The first kappa shape index (κ1) is 25.3. The Morgan fingerprint density at radius 3 is 2.42 bits per heavy atom. The van der Waals surface area contributed by atoms with Crippen LogP contribution in [-0.4, -0.2) is 35.7 Å². The number of halogens is 2. The minimum atomic E-state index is -1.56. The summed E-state index contributed by atoms with van der Waals surface area (Å²) in [5, 5.41) is 9.92. The van der Waals surface area contributed by atoms with Crippen LogP contribution in [0.4, 0.5) is 4.39 Å². The predicted molar refractivity (Wildman–Crippen MR) is 130 cm³/mol. The Balaban J connectivity index is 1.28. The zero-order valence-electron chi connectivity index (χ0n) is 19.5. The number of rotatable bonds is 10. The lowest BCUT2D eigenvalue weighted by Crippen LogP contribution is -2.48. The highest BCUT2D eigenvalue weighted by Crippen LogP contribution is 2.38. The van der Waals surface area contributed by atoms with E-state index in [1.807, 2.05) is 0 Å². The second-order valence-corrected chi connectivity index (χ2v) is 8.62. The van der Waals surface area contributed by atoms with E-state index in [4.69, 9.17) is 30.5 Å². The van der Waals surface area contributed by atoms with Gasteiger partial charge in [-0.2, -0.15) is 0 Å². The van der Waals surface area contributed by atoms with Crippen molar-refractivity contribution in [3.63, 3.8) is 0 Å². The van der Waals surface area contributed by atoms with Crippen LogP contribution in [0.3, 0.4) is 0 Å². The summed E-state index contributed by atoms with van der Waals surface area (Å²) in [6, 6.07) is 15.4. The lowest BCUT2D eigenvalue weighted by atomic mass is 9.88. The Morgan fingerprint density at radius 2 is 1.72 bits per heavy atom. The minimum Gasteiger partial charge on any atom is -0.493 e. The van der Waals surface area contributed by atoms with Crippen molar-refractivity contribution in [3.05, 3.63) is 77.1 Å². The van der Waals surface area contributed by atoms with Crippen LogP contribution in [0, 0.1) is 5.82 Å². The van der Waals surface area contributed by atoms with Gasteiger partial charge in [-0.1, -0.05) is 18.5 Å². The molecule has 0 fully saturated rings. The summed E-state index contributed by atoms with van der Waals surface area (Å²) in [5.74, 6) is 0.336. The molecule has 3 aromatic carbocycles. The van der Waals surface area contributed by atoms with Gasteiger partial charge in [-0.15, -0.1) is 0 Å². The highest BCUT2D eigenvalue weighted by atomic mass is 35.5. The maximum atomic E-state index is 13.0.